The lowest BCUT2D eigenvalue weighted by atomic mass is 9.95. The fourth-order valence-corrected chi connectivity index (χ4v) is 3.62. The molecule has 1 aliphatic rings. The van der Waals surface area contributed by atoms with Gasteiger partial charge in [0.05, 0.1) is 17.1 Å². The van der Waals surface area contributed by atoms with Crippen molar-refractivity contribution in [2.24, 2.45) is 4.99 Å². The number of benzene rings is 2. The molecular weight excluding hydrogens is 310 g/mol. The highest BCUT2D eigenvalue weighted by molar-refractivity contribution is 6.06. The van der Waals surface area contributed by atoms with Crippen LogP contribution in [0.1, 0.15) is 28.8 Å². The Morgan fingerprint density at radius 3 is 2.68 bits per heavy atom. The van der Waals surface area contributed by atoms with Gasteiger partial charge in [-0.15, -0.1) is 0 Å². The molecule has 0 aliphatic carbocycles. The van der Waals surface area contributed by atoms with E-state index in [1.54, 1.807) is 6.21 Å². The topological polar surface area (TPSA) is 61.3 Å². The molecular formula is C21H19N3O. The molecule has 3 aromatic rings. The van der Waals surface area contributed by atoms with Crippen molar-refractivity contribution in [3.63, 3.8) is 0 Å². The molecule has 0 fully saturated rings. The summed E-state index contributed by atoms with van der Waals surface area (Å²) >= 11 is 0. The fraction of sp³-hybridized carbons (Fsp3) is 0.238. The molecule has 2 aromatic carbocycles. The second kappa shape index (κ2) is 5.78. The highest BCUT2D eigenvalue weighted by atomic mass is 16.3. The van der Waals surface area contributed by atoms with Crippen LogP contribution in [0.4, 0.5) is 0 Å². The Labute approximate surface area is 146 Å². The first-order valence-electron chi connectivity index (χ1n) is 8.47. The van der Waals surface area contributed by atoms with Gasteiger partial charge in [-0.1, -0.05) is 29.8 Å². The Kier molecular flexibility index (Phi) is 3.58. The number of nitriles is 1. The number of nitrogens with zero attached hydrogens (tertiary/aromatic N) is 3. The van der Waals surface area contributed by atoms with E-state index < -0.39 is 0 Å². The third-order valence-electron chi connectivity index (χ3n) is 4.97. The Balaban J connectivity index is 2.16. The van der Waals surface area contributed by atoms with Gasteiger partial charge in [0.2, 0.25) is 0 Å². The first-order valence-corrected chi connectivity index (χ1v) is 8.47. The predicted octanol–water partition coefficient (Wildman–Crippen LogP) is 4.33. The molecule has 0 saturated carbocycles. The summed E-state index contributed by atoms with van der Waals surface area (Å²) in [5.74, 6) is 0.226. The van der Waals surface area contributed by atoms with Crippen LogP contribution < -0.4 is 0 Å². The molecule has 124 valence electrons. The summed E-state index contributed by atoms with van der Waals surface area (Å²) in [4.78, 5) is 4.38. The average molecular weight is 329 g/mol. The molecule has 4 nitrogen and oxygen atoms in total. The minimum Gasteiger partial charge on any atom is -0.505 e. The van der Waals surface area contributed by atoms with E-state index in [4.69, 9.17) is 0 Å². The van der Waals surface area contributed by atoms with Crippen LogP contribution in [0.3, 0.4) is 0 Å². The standard InChI is InChI=1S/C21H19N3O/c1-13-4-6-15(7-5-13)17-10-16(11-22)14(2)19-20(17)24-9-3-8-23-12-18(24)21(19)25/h4-7,10,12,25H,3,8-9H2,1-2H3. The van der Waals surface area contributed by atoms with Crippen molar-refractivity contribution in [1.29, 1.82) is 5.26 Å². The number of fused-ring (bicyclic) bond motifs is 3. The smallest absolute Gasteiger partial charge is 0.150 e. The number of aromatic hydroxyl groups is 1. The molecule has 0 unspecified atom stereocenters. The molecule has 2 heterocycles. The summed E-state index contributed by atoms with van der Waals surface area (Å²) in [6.45, 7) is 5.52. The Hall–Kier alpha value is -3.06. The molecule has 1 aliphatic heterocycles. The highest BCUT2D eigenvalue weighted by Crippen LogP contribution is 2.41. The molecule has 0 bridgehead atoms. The molecule has 1 aromatic heterocycles. The second-order valence-corrected chi connectivity index (χ2v) is 6.57. The Morgan fingerprint density at radius 1 is 1.20 bits per heavy atom. The van der Waals surface area contributed by atoms with Gasteiger partial charge in [-0.3, -0.25) is 4.99 Å². The van der Waals surface area contributed by atoms with Crippen molar-refractivity contribution in [3.05, 3.63) is 52.7 Å². The first kappa shape index (κ1) is 15.5. The van der Waals surface area contributed by atoms with Crippen LogP contribution in [-0.2, 0) is 6.54 Å². The molecule has 0 amide bonds. The van der Waals surface area contributed by atoms with E-state index in [0.29, 0.717) is 5.56 Å². The molecule has 0 radical (unpaired) electrons. The molecule has 25 heavy (non-hydrogen) atoms. The zero-order chi connectivity index (χ0) is 17.6. The van der Waals surface area contributed by atoms with E-state index in [0.717, 1.165) is 52.8 Å². The van der Waals surface area contributed by atoms with E-state index in [1.165, 1.54) is 5.56 Å². The summed E-state index contributed by atoms with van der Waals surface area (Å²) in [5, 5.41) is 21.2. The van der Waals surface area contributed by atoms with Crippen LogP contribution in [0.25, 0.3) is 22.0 Å². The number of aryl methyl sites for hydroxylation is 3. The molecule has 0 atom stereocenters. The van der Waals surface area contributed by atoms with Gasteiger partial charge in [0, 0.05) is 30.3 Å². The minimum absolute atomic E-state index is 0.226. The number of aliphatic imine (C=N–C) groups is 1. The first-order chi connectivity index (χ1) is 12.1. The van der Waals surface area contributed by atoms with Gasteiger partial charge < -0.3 is 9.67 Å². The van der Waals surface area contributed by atoms with Crippen molar-refractivity contribution in [2.75, 3.05) is 6.54 Å². The molecule has 4 rings (SSSR count). The second-order valence-electron chi connectivity index (χ2n) is 6.57. The number of aromatic nitrogens is 1. The summed E-state index contributed by atoms with van der Waals surface area (Å²) in [7, 11) is 0. The van der Waals surface area contributed by atoms with Gasteiger partial charge in [-0.2, -0.15) is 5.26 Å². The van der Waals surface area contributed by atoms with Crippen molar-refractivity contribution in [2.45, 2.75) is 26.8 Å². The SMILES string of the molecule is Cc1ccc(-c2cc(C#N)c(C)c3c(O)c4n(c23)CCCN=C4)cc1. The lowest BCUT2D eigenvalue weighted by Gasteiger charge is -2.12. The maximum Gasteiger partial charge on any atom is 0.150 e. The van der Waals surface area contributed by atoms with E-state index in [-0.39, 0.29) is 5.75 Å². The van der Waals surface area contributed by atoms with E-state index >= 15 is 0 Å². The van der Waals surface area contributed by atoms with Crippen LogP contribution in [0, 0.1) is 25.2 Å². The van der Waals surface area contributed by atoms with Crippen molar-refractivity contribution >= 4 is 17.1 Å². The van der Waals surface area contributed by atoms with Crippen LogP contribution in [-0.4, -0.2) is 22.4 Å². The summed E-state index contributed by atoms with van der Waals surface area (Å²) in [6, 6.07) is 12.5. The van der Waals surface area contributed by atoms with Crippen molar-refractivity contribution in [3.8, 4) is 22.9 Å². The lowest BCUT2D eigenvalue weighted by molar-refractivity contribution is 0.477. The lowest BCUT2D eigenvalue weighted by Crippen LogP contribution is -2.02. The Morgan fingerprint density at radius 2 is 1.96 bits per heavy atom. The normalized spacial score (nSPS) is 13.5. The molecule has 1 N–H and O–H groups in total. The van der Waals surface area contributed by atoms with Crippen molar-refractivity contribution in [1.82, 2.24) is 4.57 Å². The maximum absolute atomic E-state index is 10.9. The number of hydrogen-bond donors (Lipinski definition) is 1. The van der Waals surface area contributed by atoms with E-state index in [9.17, 15) is 10.4 Å². The third-order valence-corrected chi connectivity index (χ3v) is 4.97. The van der Waals surface area contributed by atoms with Gasteiger partial charge in [0.25, 0.3) is 0 Å². The fourth-order valence-electron chi connectivity index (χ4n) is 3.62. The monoisotopic (exact) mass is 329 g/mol. The zero-order valence-corrected chi connectivity index (χ0v) is 14.4. The minimum atomic E-state index is 0.226. The molecule has 0 spiro atoms. The zero-order valence-electron chi connectivity index (χ0n) is 14.4. The largest absolute Gasteiger partial charge is 0.505 e. The summed E-state index contributed by atoms with van der Waals surface area (Å²) < 4.78 is 2.14. The summed E-state index contributed by atoms with van der Waals surface area (Å²) in [6.07, 6.45) is 2.69. The van der Waals surface area contributed by atoms with Crippen LogP contribution >= 0.6 is 0 Å². The maximum atomic E-state index is 10.9. The average Bonchev–Trinajstić information content (AvgIpc) is 2.78. The number of hydrogen-bond acceptors (Lipinski definition) is 3. The Bertz CT molecular complexity index is 1050. The van der Waals surface area contributed by atoms with Crippen LogP contribution in [0.2, 0.25) is 0 Å². The summed E-state index contributed by atoms with van der Waals surface area (Å²) in [5.41, 5.74) is 6.36. The molecule has 0 saturated heterocycles. The van der Waals surface area contributed by atoms with Crippen LogP contribution in [0.5, 0.6) is 5.75 Å². The van der Waals surface area contributed by atoms with Gasteiger partial charge in [-0.05, 0) is 37.5 Å². The van der Waals surface area contributed by atoms with Crippen LogP contribution in [0.15, 0.2) is 35.3 Å². The van der Waals surface area contributed by atoms with Gasteiger partial charge in [-0.25, -0.2) is 0 Å². The molecule has 4 heteroatoms. The predicted molar refractivity (Wildman–Crippen MR) is 100 cm³/mol. The van der Waals surface area contributed by atoms with Gasteiger partial charge >= 0.3 is 0 Å². The quantitative estimate of drug-likeness (QED) is 0.722. The van der Waals surface area contributed by atoms with Crippen molar-refractivity contribution < 1.29 is 5.11 Å². The van der Waals surface area contributed by atoms with E-state index in [2.05, 4.69) is 46.8 Å². The van der Waals surface area contributed by atoms with Gasteiger partial charge in [0.15, 0.2) is 0 Å². The van der Waals surface area contributed by atoms with E-state index in [1.807, 2.05) is 13.0 Å². The third kappa shape index (κ3) is 2.32. The van der Waals surface area contributed by atoms with Gasteiger partial charge in [0.1, 0.15) is 11.4 Å². The highest BCUT2D eigenvalue weighted by Gasteiger charge is 2.23. The number of rotatable bonds is 1.